The maximum atomic E-state index is 13.0. The van der Waals surface area contributed by atoms with Crippen LogP contribution in [0.4, 0.5) is 4.39 Å². The predicted molar refractivity (Wildman–Crippen MR) is 58.6 cm³/mol. The van der Waals surface area contributed by atoms with Crippen molar-refractivity contribution in [3.8, 4) is 6.07 Å². The average Bonchev–Trinajstić information content (AvgIpc) is 2.81. The third kappa shape index (κ3) is 2.20. The topological polar surface area (TPSA) is 40.8 Å². The van der Waals surface area contributed by atoms with Crippen LogP contribution in [-0.2, 0) is 6.54 Å². The van der Waals surface area contributed by atoms with Crippen LogP contribution in [0.25, 0.3) is 0 Å². The van der Waals surface area contributed by atoms with Crippen LogP contribution in [0.3, 0.4) is 0 Å². The molecule has 80 valence electrons. The maximum absolute atomic E-state index is 13.0. The molecule has 0 bridgehead atoms. The fourth-order valence-corrected chi connectivity index (χ4v) is 1.39. The molecule has 1 aromatic heterocycles. The summed E-state index contributed by atoms with van der Waals surface area (Å²) in [4.78, 5) is 0. The lowest BCUT2D eigenvalue weighted by molar-refractivity contribution is 0.623. The van der Waals surface area contributed by atoms with Crippen molar-refractivity contribution in [3.05, 3.63) is 59.7 Å². The highest BCUT2D eigenvalue weighted by Crippen LogP contribution is 2.09. The third-order valence-corrected chi connectivity index (χ3v) is 2.22. The van der Waals surface area contributed by atoms with Gasteiger partial charge in [0.1, 0.15) is 11.9 Å². The Morgan fingerprint density at radius 3 is 2.75 bits per heavy atom. The molecule has 0 aliphatic rings. The second-order valence-electron chi connectivity index (χ2n) is 3.35. The minimum Gasteiger partial charge on any atom is -0.322 e. The fraction of sp³-hybridized carbons (Fsp3) is 0.0833. The second-order valence-corrected chi connectivity index (χ2v) is 3.35. The van der Waals surface area contributed by atoms with Gasteiger partial charge in [-0.05, 0) is 29.8 Å². The zero-order valence-electron chi connectivity index (χ0n) is 8.52. The molecule has 0 saturated carbocycles. The molecule has 3 nitrogen and oxygen atoms in total. The van der Waals surface area contributed by atoms with E-state index in [0.29, 0.717) is 6.54 Å². The molecule has 0 radical (unpaired) electrons. The van der Waals surface area contributed by atoms with Crippen LogP contribution in [0.5, 0.6) is 0 Å². The molecule has 0 saturated heterocycles. The Morgan fingerprint density at radius 1 is 1.31 bits per heavy atom. The highest BCUT2D eigenvalue weighted by atomic mass is 19.1. The Balaban J connectivity index is 2.08. The number of halogens is 1. The first-order valence-corrected chi connectivity index (χ1v) is 4.85. The van der Waals surface area contributed by atoms with Gasteiger partial charge < -0.3 is 5.43 Å². The summed E-state index contributed by atoms with van der Waals surface area (Å²) in [6, 6.07) is 10.1. The smallest absolute Gasteiger partial charge is 0.140 e. The zero-order chi connectivity index (χ0) is 11.4. The van der Waals surface area contributed by atoms with Gasteiger partial charge in [-0.15, -0.1) is 0 Å². The van der Waals surface area contributed by atoms with E-state index >= 15 is 0 Å². The number of nitrogens with one attached hydrogen (secondary N) is 1. The first-order valence-electron chi connectivity index (χ1n) is 4.85. The van der Waals surface area contributed by atoms with Crippen LogP contribution < -0.4 is 5.43 Å². The SMILES string of the molecule is N#Cc1cc(CNn2cccc2)ccc1F. The molecule has 2 aromatic rings. The molecule has 1 aromatic carbocycles. The molecule has 4 heteroatoms. The van der Waals surface area contributed by atoms with E-state index in [4.69, 9.17) is 5.26 Å². The van der Waals surface area contributed by atoms with Crippen molar-refractivity contribution in [3.63, 3.8) is 0 Å². The van der Waals surface area contributed by atoms with Gasteiger partial charge in [0.05, 0.1) is 12.1 Å². The number of hydrogen-bond donors (Lipinski definition) is 1. The lowest BCUT2D eigenvalue weighted by atomic mass is 10.1. The average molecular weight is 215 g/mol. The molecule has 1 heterocycles. The van der Waals surface area contributed by atoms with E-state index in [-0.39, 0.29) is 5.56 Å². The molecule has 0 unspecified atom stereocenters. The van der Waals surface area contributed by atoms with Crippen molar-refractivity contribution in [1.82, 2.24) is 4.68 Å². The molecule has 0 aliphatic carbocycles. The minimum atomic E-state index is -0.479. The summed E-state index contributed by atoms with van der Waals surface area (Å²) >= 11 is 0. The number of nitrogens with zero attached hydrogens (tertiary/aromatic N) is 2. The Labute approximate surface area is 92.7 Å². The monoisotopic (exact) mass is 215 g/mol. The summed E-state index contributed by atoms with van der Waals surface area (Å²) < 4.78 is 14.8. The summed E-state index contributed by atoms with van der Waals surface area (Å²) in [5.74, 6) is -0.479. The Morgan fingerprint density at radius 2 is 2.06 bits per heavy atom. The molecular weight excluding hydrogens is 205 g/mol. The summed E-state index contributed by atoms with van der Waals surface area (Å²) in [6.07, 6.45) is 3.74. The number of aromatic nitrogens is 1. The predicted octanol–water partition coefficient (Wildman–Crippen LogP) is 2.24. The van der Waals surface area contributed by atoms with Crippen LogP contribution in [0.1, 0.15) is 11.1 Å². The van der Waals surface area contributed by atoms with E-state index in [1.54, 1.807) is 16.8 Å². The molecule has 0 atom stereocenters. The van der Waals surface area contributed by atoms with Gasteiger partial charge in [0, 0.05) is 12.4 Å². The molecule has 0 amide bonds. The molecule has 1 N–H and O–H groups in total. The molecular formula is C12H10FN3. The molecule has 0 fully saturated rings. The van der Waals surface area contributed by atoms with E-state index in [2.05, 4.69) is 5.43 Å². The van der Waals surface area contributed by atoms with Crippen molar-refractivity contribution in [2.45, 2.75) is 6.54 Å². The molecule has 2 rings (SSSR count). The summed E-state index contributed by atoms with van der Waals surface area (Å²) in [6.45, 7) is 0.545. The molecule has 0 aliphatic heterocycles. The third-order valence-electron chi connectivity index (χ3n) is 2.22. The lowest BCUT2D eigenvalue weighted by Crippen LogP contribution is -2.11. The van der Waals surface area contributed by atoms with Crippen molar-refractivity contribution in [2.75, 3.05) is 5.43 Å². The Kier molecular flexibility index (Phi) is 2.88. The van der Waals surface area contributed by atoms with E-state index in [1.165, 1.54) is 6.07 Å². The normalized spacial score (nSPS) is 9.75. The minimum absolute atomic E-state index is 0.0757. The number of nitriles is 1. The summed E-state index contributed by atoms with van der Waals surface area (Å²) in [5, 5.41) is 8.68. The first-order chi connectivity index (χ1) is 7.79. The van der Waals surface area contributed by atoms with Crippen LogP contribution in [0, 0.1) is 17.1 Å². The second kappa shape index (κ2) is 4.49. The Hall–Kier alpha value is -2.28. The van der Waals surface area contributed by atoms with Crippen LogP contribution in [-0.4, -0.2) is 4.68 Å². The van der Waals surface area contributed by atoms with Gasteiger partial charge in [0.25, 0.3) is 0 Å². The van der Waals surface area contributed by atoms with E-state index in [1.807, 2.05) is 30.6 Å². The summed E-state index contributed by atoms with van der Waals surface area (Å²) in [7, 11) is 0. The lowest BCUT2D eigenvalue weighted by Gasteiger charge is -2.07. The van der Waals surface area contributed by atoms with Gasteiger partial charge in [0.15, 0.2) is 0 Å². The molecule has 0 spiro atoms. The molecule has 16 heavy (non-hydrogen) atoms. The van der Waals surface area contributed by atoms with Gasteiger partial charge in [-0.25, -0.2) is 4.39 Å². The zero-order valence-corrected chi connectivity index (χ0v) is 8.52. The van der Waals surface area contributed by atoms with E-state index in [0.717, 1.165) is 5.56 Å². The first kappa shape index (κ1) is 10.2. The van der Waals surface area contributed by atoms with Gasteiger partial charge in [0.2, 0.25) is 0 Å². The number of benzene rings is 1. The summed E-state index contributed by atoms with van der Waals surface area (Å²) in [5.41, 5.74) is 4.04. The number of rotatable bonds is 3. The van der Waals surface area contributed by atoms with Gasteiger partial charge in [-0.3, -0.25) is 4.68 Å². The van der Waals surface area contributed by atoms with Crippen LogP contribution in [0.15, 0.2) is 42.7 Å². The van der Waals surface area contributed by atoms with Crippen LogP contribution >= 0.6 is 0 Å². The largest absolute Gasteiger partial charge is 0.322 e. The fourth-order valence-electron chi connectivity index (χ4n) is 1.39. The van der Waals surface area contributed by atoms with Gasteiger partial charge in [-0.1, -0.05) is 6.07 Å². The van der Waals surface area contributed by atoms with Gasteiger partial charge in [-0.2, -0.15) is 5.26 Å². The quantitative estimate of drug-likeness (QED) is 0.853. The standard InChI is InChI=1S/C12H10FN3/c13-12-4-3-10(7-11(12)8-14)9-15-16-5-1-2-6-16/h1-7,15H,9H2. The van der Waals surface area contributed by atoms with Gasteiger partial charge >= 0.3 is 0 Å². The number of hydrogen-bond acceptors (Lipinski definition) is 2. The van der Waals surface area contributed by atoms with E-state index in [9.17, 15) is 4.39 Å². The van der Waals surface area contributed by atoms with Crippen molar-refractivity contribution >= 4 is 0 Å². The highest BCUT2D eigenvalue weighted by molar-refractivity contribution is 5.34. The van der Waals surface area contributed by atoms with Crippen molar-refractivity contribution < 1.29 is 4.39 Å². The Bertz CT molecular complexity index is 512. The van der Waals surface area contributed by atoms with Crippen molar-refractivity contribution in [2.24, 2.45) is 0 Å². The van der Waals surface area contributed by atoms with Crippen LogP contribution in [0.2, 0.25) is 0 Å². The highest BCUT2D eigenvalue weighted by Gasteiger charge is 2.02. The van der Waals surface area contributed by atoms with E-state index < -0.39 is 5.82 Å². The maximum Gasteiger partial charge on any atom is 0.140 e. The van der Waals surface area contributed by atoms with Crippen molar-refractivity contribution in [1.29, 1.82) is 5.26 Å².